The van der Waals surface area contributed by atoms with E-state index in [0.717, 1.165) is 25.2 Å². The zero-order valence-electron chi connectivity index (χ0n) is 9.69. The molecule has 0 bridgehead atoms. The predicted molar refractivity (Wildman–Crippen MR) is 59.5 cm³/mol. The molecule has 1 unspecified atom stereocenters. The van der Waals surface area contributed by atoms with E-state index in [-0.39, 0.29) is 6.10 Å². The molecule has 0 aliphatic rings. The number of aromatic nitrogens is 3. The summed E-state index contributed by atoms with van der Waals surface area (Å²) in [4.78, 5) is 4.15. The molecule has 4 heteroatoms. The Hall–Kier alpha value is -0.900. The summed E-state index contributed by atoms with van der Waals surface area (Å²) in [6.45, 7) is 5.01. The fraction of sp³-hybridized carbons (Fsp3) is 0.818. The van der Waals surface area contributed by atoms with Gasteiger partial charge >= 0.3 is 0 Å². The normalized spacial score (nSPS) is 13.0. The van der Waals surface area contributed by atoms with Crippen molar-refractivity contribution in [2.75, 3.05) is 0 Å². The Balaban J connectivity index is 2.33. The zero-order valence-corrected chi connectivity index (χ0v) is 9.69. The minimum absolute atomic E-state index is 0.272. The van der Waals surface area contributed by atoms with Gasteiger partial charge in [0.1, 0.15) is 12.2 Å². The molecule has 4 nitrogen and oxygen atoms in total. The molecule has 1 heterocycles. The third kappa shape index (κ3) is 4.00. The Labute approximate surface area is 91.3 Å². The summed E-state index contributed by atoms with van der Waals surface area (Å²) in [6, 6.07) is 0. The van der Waals surface area contributed by atoms with Gasteiger partial charge in [0, 0.05) is 13.0 Å². The quantitative estimate of drug-likeness (QED) is 0.699. The van der Waals surface area contributed by atoms with Crippen molar-refractivity contribution in [1.82, 2.24) is 14.8 Å². The Morgan fingerprint density at radius 1 is 1.40 bits per heavy atom. The van der Waals surface area contributed by atoms with Crippen molar-refractivity contribution in [2.45, 2.75) is 58.6 Å². The van der Waals surface area contributed by atoms with Crippen LogP contribution in [0.25, 0.3) is 0 Å². The Morgan fingerprint density at radius 2 is 2.20 bits per heavy atom. The molecule has 1 atom stereocenters. The molecule has 1 rings (SSSR count). The maximum absolute atomic E-state index is 9.79. The van der Waals surface area contributed by atoms with E-state index in [2.05, 4.69) is 17.0 Å². The van der Waals surface area contributed by atoms with Crippen molar-refractivity contribution in [2.24, 2.45) is 0 Å². The monoisotopic (exact) mass is 211 g/mol. The lowest BCUT2D eigenvalue weighted by Gasteiger charge is -2.09. The number of hydrogen-bond donors (Lipinski definition) is 1. The number of aliphatic hydroxyl groups excluding tert-OH is 1. The summed E-state index contributed by atoms with van der Waals surface area (Å²) in [5.74, 6) is 0.890. The molecule has 0 spiro atoms. The molecule has 1 aromatic heterocycles. The third-order valence-electron chi connectivity index (χ3n) is 2.55. The van der Waals surface area contributed by atoms with Crippen molar-refractivity contribution in [3.8, 4) is 0 Å². The van der Waals surface area contributed by atoms with Crippen LogP contribution < -0.4 is 0 Å². The molecule has 0 aliphatic carbocycles. The summed E-state index contributed by atoms with van der Waals surface area (Å²) in [6.07, 6.45) is 6.25. The van der Waals surface area contributed by atoms with E-state index in [1.165, 1.54) is 12.8 Å². The molecule has 0 fully saturated rings. The van der Waals surface area contributed by atoms with E-state index in [1.807, 2.05) is 11.6 Å². The number of aryl methyl sites for hydroxylation is 1. The highest BCUT2D eigenvalue weighted by Crippen LogP contribution is 2.07. The molecule has 0 saturated carbocycles. The second kappa shape index (κ2) is 6.56. The molecule has 1 aromatic rings. The summed E-state index contributed by atoms with van der Waals surface area (Å²) in [7, 11) is 0. The van der Waals surface area contributed by atoms with E-state index < -0.39 is 0 Å². The number of nitrogens with zero attached hydrogens (tertiary/aromatic N) is 3. The molecule has 0 saturated heterocycles. The van der Waals surface area contributed by atoms with Crippen LogP contribution in [0.4, 0.5) is 0 Å². The first kappa shape index (κ1) is 12.2. The molecule has 0 amide bonds. The van der Waals surface area contributed by atoms with E-state index in [4.69, 9.17) is 0 Å². The average molecular weight is 211 g/mol. The van der Waals surface area contributed by atoms with E-state index in [9.17, 15) is 5.11 Å². The van der Waals surface area contributed by atoms with Crippen LogP contribution in [0.5, 0.6) is 0 Å². The van der Waals surface area contributed by atoms with Gasteiger partial charge in [-0.05, 0) is 13.3 Å². The molecule has 0 aliphatic heterocycles. The summed E-state index contributed by atoms with van der Waals surface area (Å²) >= 11 is 0. The molecular formula is C11H21N3O. The topological polar surface area (TPSA) is 50.9 Å². The number of aliphatic hydroxyl groups is 1. The fourth-order valence-corrected chi connectivity index (χ4v) is 1.65. The van der Waals surface area contributed by atoms with Crippen LogP contribution in [0.1, 0.15) is 45.4 Å². The van der Waals surface area contributed by atoms with Crippen LogP contribution in [0, 0.1) is 0 Å². The van der Waals surface area contributed by atoms with Gasteiger partial charge in [-0.15, -0.1) is 0 Å². The van der Waals surface area contributed by atoms with Gasteiger partial charge in [0.05, 0.1) is 6.10 Å². The van der Waals surface area contributed by atoms with Gasteiger partial charge in [0.2, 0.25) is 0 Å². The van der Waals surface area contributed by atoms with Crippen LogP contribution >= 0.6 is 0 Å². The standard InChI is InChI=1S/C11H21N3O/c1-3-5-6-7-10(15)8-11-12-9-13-14(11)4-2/h9-10,15H,3-8H2,1-2H3. The first-order valence-electron chi connectivity index (χ1n) is 5.82. The summed E-state index contributed by atoms with van der Waals surface area (Å²) in [5.41, 5.74) is 0. The van der Waals surface area contributed by atoms with E-state index in [1.54, 1.807) is 6.33 Å². The van der Waals surface area contributed by atoms with Gasteiger partial charge in [-0.1, -0.05) is 26.2 Å². The average Bonchev–Trinajstić information content (AvgIpc) is 2.65. The fourth-order valence-electron chi connectivity index (χ4n) is 1.65. The van der Waals surface area contributed by atoms with Crippen molar-refractivity contribution >= 4 is 0 Å². The molecular weight excluding hydrogens is 190 g/mol. The van der Waals surface area contributed by atoms with Crippen LogP contribution in [-0.4, -0.2) is 26.0 Å². The Bertz CT molecular complexity index is 273. The van der Waals surface area contributed by atoms with Gasteiger partial charge in [-0.2, -0.15) is 5.10 Å². The molecule has 0 radical (unpaired) electrons. The van der Waals surface area contributed by atoms with Crippen LogP contribution in [0.3, 0.4) is 0 Å². The smallest absolute Gasteiger partial charge is 0.138 e. The van der Waals surface area contributed by atoms with Crippen molar-refractivity contribution in [3.63, 3.8) is 0 Å². The Morgan fingerprint density at radius 3 is 2.87 bits per heavy atom. The van der Waals surface area contributed by atoms with E-state index >= 15 is 0 Å². The maximum atomic E-state index is 9.79. The lowest BCUT2D eigenvalue weighted by atomic mass is 10.1. The van der Waals surface area contributed by atoms with Crippen LogP contribution in [-0.2, 0) is 13.0 Å². The lowest BCUT2D eigenvalue weighted by molar-refractivity contribution is 0.157. The highest BCUT2D eigenvalue weighted by molar-refractivity contribution is 4.87. The van der Waals surface area contributed by atoms with E-state index in [0.29, 0.717) is 6.42 Å². The second-order valence-electron chi connectivity index (χ2n) is 3.85. The second-order valence-corrected chi connectivity index (χ2v) is 3.85. The number of unbranched alkanes of at least 4 members (excludes halogenated alkanes) is 2. The van der Waals surface area contributed by atoms with Crippen molar-refractivity contribution in [1.29, 1.82) is 0 Å². The molecule has 1 N–H and O–H groups in total. The Kier molecular flexibility index (Phi) is 5.32. The minimum Gasteiger partial charge on any atom is -0.393 e. The highest BCUT2D eigenvalue weighted by atomic mass is 16.3. The SMILES string of the molecule is CCCCCC(O)Cc1ncnn1CC. The number of rotatable bonds is 7. The van der Waals surface area contributed by atoms with Crippen molar-refractivity contribution < 1.29 is 5.11 Å². The zero-order chi connectivity index (χ0) is 11.1. The van der Waals surface area contributed by atoms with Gasteiger partial charge in [-0.25, -0.2) is 4.98 Å². The predicted octanol–water partition coefficient (Wildman–Crippen LogP) is 1.78. The molecule has 0 aromatic carbocycles. The lowest BCUT2D eigenvalue weighted by Crippen LogP contribution is -2.15. The number of hydrogen-bond acceptors (Lipinski definition) is 3. The largest absolute Gasteiger partial charge is 0.393 e. The molecule has 86 valence electrons. The van der Waals surface area contributed by atoms with Crippen molar-refractivity contribution in [3.05, 3.63) is 12.2 Å². The third-order valence-corrected chi connectivity index (χ3v) is 2.55. The van der Waals surface area contributed by atoms with Gasteiger partial charge < -0.3 is 5.11 Å². The van der Waals surface area contributed by atoms with Gasteiger partial charge in [0.15, 0.2) is 0 Å². The van der Waals surface area contributed by atoms with Gasteiger partial charge in [0.25, 0.3) is 0 Å². The summed E-state index contributed by atoms with van der Waals surface area (Å²) in [5, 5.41) is 13.9. The first-order chi connectivity index (χ1) is 7.27. The molecule has 15 heavy (non-hydrogen) atoms. The maximum Gasteiger partial charge on any atom is 0.138 e. The van der Waals surface area contributed by atoms with Crippen LogP contribution in [0.15, 0.2) is 6.33 Å². The first-order valence-corrected chi connectivity index (χ1v) is 5.82. The van der Waals surface area contributed by atoms with Crippen LogP contribution in [0.2, 0.25) is 0 Å². The minimum atomic E-state index is -0.272. The summed E-state index contributed by atoms with van der Waals surface area (Å²) < 4.78 is 1.84. The highest BCUT2D eigenvalue weighted by Gasteiger charge is 2.09. The van der Waals surface area contributed by atoms with Gasteiger partial charge in [-0.3, -0.25) is 4.68 Å².